The average Bonchev–Trinajstić information content (AvgIpc) is 3.36. The van der Waals surface area contributed by atoms with Gasteiger partial charge in [-0.2, -0.15) is 0 Å². The lowest BCUT2D eigenvalue weighted by Crippen LogP contribution is -2.54. The lowest BCUT2D eigenvalue weighted by Gasteiger charge is -2.38. The number of aryl methyl sites for hydroxylation is 1. The Balaban J connectivity index is 1.29. The van der Waals surface area contributed by atoms with Crippen molar-refractivity contribution in [3.8, 4) is 0 Å². The minimum absolute atomic E-state index is 0.0259. The third-order valence-corrected chi connectivity index (χ3v) is 8.54. The molecule has 1 unspecified atom stereocenters. The van der Waals surface area contributed by atoms with Gasteiger partial charge in [-0.1, -0.05) is 48.5 Å². The van der Waals surface area contributed by atoms with Crippen molar-refractivity contribution < 1.29 is 9.59 Å². The van der Waals surface area contributed by atoms with Crippen LogP contribution >= 0.6 is 11.8 Å². The summed E-state index contributed by atoms with van der Waals surface area (Å²) in [7, 11) is 0. The molecule has 0 aliphatic carbocycles. The summed E-state index contributed by atoms with van der Waals surface area (Å²) in [4.78, 5) is 34.7. The zero-order chi connectivity index (χ0) is 24.0. The van der Waals surface area contributed by atoms with Crippen LogP contribution < -0.4 is 14.7 Å². The van der Waals surface area contributed by atoms with Gasteiger partial charge in [-0.3, -0.25) is 24.3 Å². The number of thioether (sulfide) groups is 1. The molecule has 0 bridgehead atoms. The van der Waals surface area contributed by atoms with Crippen LogP contribution in [0.2, 0.25) is 0 Å². The fourth-order valence-electron chi connectivity index (χ4n) is 5.45. The normalized spacial score (nSPS) is 22.4. The van der Waals surface area contributed by atoms with E-state index in [1.54, 1.807) is 4.90 Å². The number of benzene rings is 3. The molecule has 3 aromatic rings. The van der Waals surface area contributed by atoms with Gasteiger partial charge < -0.3 is 4.90 Å². The molecule has 3 aliphatic heterocycles. The zero-order valence-corrected chi connectivity index (χ0v) is 20.6. The maximum atomic E-state index is 14.2. The fraction of sp³-hybridized carbons (Fsp3) is 0.286. The van der Waals surface area contributed by atoms with Crippen molar-refractivity contribution in [2.75, 3.05) is 53.3 Å². The van der Waals surface area contributed by atoms with Gasteiger partial charge in [-0.15, -0.1) is 11.8 Å². The molecule has 1 atom stereocenters. The van der Waals surface area contributed by atoms with E-state index in [0.29, 0.717) is 6.67 Å². The number of hydrogen-bond donors (Lipinski definition) is 0. The van der Waals surface area contributed by atoms with Gasteiger partial charge >= 0.3 is 0 Å². The summed E-state index contributed by atoms with van der Waals surface area (Å²) in [6.45, 7) is 6.12. The van der Waals surface area contributed by atoms with Crippen molar-refractivity contribution >= 4 is 40.6 Å². The highest BCUT2D eigenvalue weighted by atomic mass is 32.2. The van der Waals surface area contributed by atoms with Crippen molar-refractivity contribution in [1.82, 2.24) is 4.90 Å². The molecular formula is C28H28N4O2S. The Labute approximate surface area is 210 Å². The summed E-state index contributed by atoms with van der Waals surface area (Å²) in [5.41, 5.74) is 4.90. The van der Waals surface area contributed by atoms with E-state index in [4.69, 9.17) is 0 Å². The van der Waals surface area contributed by atoms with Crippen molar-refractivity contribution in [3.05, 3.63) is 90.0 Å². The van der Waals surface area contributed by atoms with E-state index in [-0.39, 0.29) is 17.6 Å². The highest BCUT2D eigenvalue weighted by molar-refractivity contribution is 8.02. The molecule has 35 heavy (non-hydrogen) atoms. The number of para-hydroxylation sites is 2. The molecule has 6 rings (SSSR count). The quantitative estimate of drug-likeness (QED) is 0.559. The van der Waals surface area contributed by atoms with Crippen LogP contribution in [-0.2, 0) is 14.5 Å². The van der Waals surface area contributed by atoms with Gasteiger partial charge in [0.05, 0.1) is 18.1 Å². The van der Waals surface area contributed by atoms with Crippen LogP contribution in [0.3, 0.4) is 0 Å². The first-order chi connectivity index (χ1) is 17.1. The van der Waals surface area contributed by atoms with Gasteiger partial charge in [0, 0.05) is 43.1 Å². The molecule has 0 radical (unpaired) electrons. The summed E-state index contributed by atoms with van der Waals surface area (Å²) < 4.78 is 0. The number of carbonyl (C=O) groups is 2. The molecule has 3 aromatic carbocycles. The molecular weight excluding hydrogens is 456 g/mol. The Hall–Kier alpha value is -3.29. The molecule has 0 N–H and O–H groups in total. The Morgan fingerprint density at radius 1 is 0.829 bits per heavy atom. The first kappa shape index (κ1) is 22.2. The van der Waals surface area contributed by atoms with Crippen molar-refractivity contribution in [2.24, 2.45) is 0 Å². The highest BCUT2D eigenvalue weighted by Crippen LogP contribution is 2.55. The van der Waals surface area contributed by atoms with E-state index in [9.17, 15) is 9.59 Å². The minimum atomic E-state index is -1.05. The number of carbonyl (C=O) groups excluding carboxylic acids is 2. The van der Waals surface area contributed by atoms with Crippen LogP contribution in [0.1, 0.15) is 11.1 Å². The van der Waals surface area contributed by atoms with Crippen LogP contribution in [0.25, 0.3) is 0 Å². The first-order valence-corrected chi connectivity index (χ1v) is 13.0. The van der Waals surface area contributed by atoms with Gasteiger partial charge in [0.1, 0.15) is 0 Å². The standard InChI is InChI=1S/C28H28N4O2S/c1-21-8-7-11-23(18-21)32-26(33)19-35-28(32)24-12-5-6-13-25(24)31(27(28)34)20-29-14-16-30(17-15-29)22-9-3-2-4-10-22/h2-13,18H,14-17,19-20H2,1H3. The Morgan fingerprint density at radius 2 is 1.54 bits per heavy atom. The van der Waals surface area contributed by atoms with Gasteiger partial charge in [-0.05, 0) is 42.8 Å². The second-order valence-corrected chi connectivity index (χ2v) is 10.5. The third kappa shape index (κ3) is 3.61. The van der Waals surface area contributed by atoms with E-state index in [1.807, 2.05) is 66.4 Å². The third-order valence-electron chi connectivity index (χ3n) is 7.16. The molecule has 3 heterocycles. The number of fused-ring (bicyclic) bond motifs is 2. The lowest BCUT2D eigenvalue weighted by atomic mass is 10.0. The van der Waals surface area contributed by atoms with Gasteiger partial charge in [-0.25, -0.2) is 0 Å². The summed E-state index contributed by atoms with van der Waals surface area (Å²) in [6.07, 6.45) is 0. The van der Waals surface area contributed by atoms with Crippen molar-refractivity contribution in [3.63, 3.8) is 0 Å². The van der Waals surface area contributed by atoms with Crippen LogP contribution in [0.15, 0.2) is 78.9 Å². The molecule has 7 heteroatoms. The van der Waals surface area contributed by atoms with Crippen molar-refractivity contribution in [2.45, 2.75) is 11.8 Å². The fourth-order valence-corrected chi connectivity index (χ4v) is 6.81. The second-order valence-electron chi connectivity index (χ2n) is 9.33. The molecule has 3 aliphatic rings. The van der Waals surface area contributed by atoms with Gasteiger partial charge in [0.15, 0.2) is 0 Å². The van der Waals surface area contributed by atoms with Crippen molar-refractivity contribution in [1.29, 1.82) is 0 Å². The summed E-state index contributed by atoms with van der Waals surface area (Å²) in [6, 6.07) is 26.3. The van der Waals surface area contributed by atoms with Crippen LogP contribution in [0.4, 0.5) is 17.1 Å². The average molecular weight is 485 g/mol. The SMILES string of the molecule is Cc1cccc(N2C(=O)CSC23C(=O)N(CN2CCN(c4ccccc4)CC2)c2ccccc23)c1. The minimum Gasteiger partial charge on any atom is -0.369 e. The molecule has 1 spiro atoms. The molecule has 0 saturated carbocycles. The maximum absolute atomic E-state index is 14.2. The number of amides is 2. The molecule has 6 nitrogen and oxygen atoms in total. The molecule has 178 valence electrons. The van der Waals surface area contributed by atoms with E-state index in [1.165, 1.54) is 17.4 Å². The predicted molar refractivity (Wildman–Crippen MR) is 142 cm³/mol. The Kier molecular flexibility index (Phi) is 5.54. The van der Waals surface area contributed by atoms with Crippen LogP contribution in [0, 0.1) is 6.92 Å². The van der Waals surface area contributed by atoms with E-state index < -0.39 is 4.87 Å². The molecule has 2 amide bonds. The summed E-state index contributed by atoms with van der Waals surface area (Å²) in [5, 5.41) is 0. The number of anilines is 3. The van der Waals surface area contributed by atoms with Gasteiger partial charge in [0.2, 0.25) is 10.8 Å². The first-order valence-electron chi connectivity index (χ1n) is 12.1. The molecule has 2 fully saturated rings. The number of rotatable bonds is 4. The van der Waals surface area contributed by atoms with E-state index >= 15 is 0 Å². The Bertz CT molecular complexity index is 1270. The largest absolute Gasteiger partial charge is 0.369 e. The van der Waals surface area contributed by atoms with Crippen LogP contribution in [0.5, 0.6) is 0 Å². The topological polar surface area (TPSA) is 47.1 Å². The van der Waals surface area contributed by atoms with E-state index in [2.05, 4.69) is 34.1 Å². The summed E-state index contributed by atoms with van der Waals surface area (Å²) >= 11 is 1.44. The maximum Gasteiger partial charge on any atom is 0.269 e. The second kappa shape index (κ2) is 8.73. The monoisotopic (exact) mass is 484 g/mol. The zero-order valence-electron chi connectivity index (χ0n) is 19.8. The number of nitrogens with zero attached hydrogens (tertiary/aromatic N) is 4. The number of piperazine rings is 1. The smallest absolute Gasteiger partial charge is 0.269 e. The highest BCUT2D eigenvalue weighted by Gasteiger charge is 2.61. The van der Waals surface area contributed by atoms with E-state index in [0.717, 1.165) is 48.7 Å². The van der Waals surface area contributed by atoms with Crippen LogP contribution in [-0.4, -0.2) is 55.3 Å². The predicted octanol–water partition coefficient (Wildman–Crippen LogP) is 4.05. The molecule has 2 saturated heterocycles. The molecule has 0 aromatic heterocycles. The Morgan fingerprint density at radius 3 is 2.31 bits per heavy atom. The lowest BCUT2D eigenvalue weighted by molar-refractivity contribution is -0.124. The van der Waals surface area contributed by atoms with Gasteiger partial charge in [0.25, 0.3) is 5.91 Å². The number of hydrogen-bond acceptors (Lipinski definition) is 5. The summed E-state index contributed by atoms with van der Waals surface area (Å²) in [5.74, 6) is 0.237.